The van der Waals surface area contributed by atoms with E-state index in [2.05, 4.69) is 21.3 Å². The zero-order chi connectivity index (χ0) is 33.1. The van der Waals surface area contributed by atoms with Crippen LogP contribution in [0.1, 0.15) is 105 Å². The summed E-state index contributed by atoms with van der Waals surface area (Å²) in [6.07, 6.45) is 7.23. The van der Waals surface area contributed by atoms with Crippen molar-refractivity contribution in [3.05, 3.63) is 0 Å². The van der Waals surface area contributed by atoms with Gasteiger partial charge in [-0.2, -0.15) is 0 Å². The molecule has 5 amide bonds. The molecule has 2 aliphatic rings. The van der Waals surface area contributed by atoms with Crippen LogP contribution in [0.4, 0.5) is 4.79 Å². The summed E-state index contributed by atoms with van der Waals surface area (Å²) >= 11 is 0. The third kappa shape index (κ3) is 11.0. The first-order chi connectivity index (χ1) is 20.7. The summed E-state index contributed by atoms with van der Waals surface area (Å²) in [5.74, 6) is -2.29. The Morgan fingerprint density at radius 3 is 2.11 bits per heavy atom. The number of hydrogen-bond donors (Lipinski definition) is 4. The SMILES string of the molecule is CCCC(CCC)(NC(=O)NC(C(=O)N(C)CCCCC(C)C(=O)NCC(=O)C(=O)NC1CC1)C(C)C)C1CCCS1(=O)=O. The Hall–Kier alpha value is -2.70. The molecule has 0 aromatic carbocycles. The van der Waals surface area contributed by atoms with E-state index in [-0.39, 0.29) is 42.0 Å². The Morgan fingerprint density at radius 1 is 0.955 bits per heavy atom. The average molecular weight is 642 g/mol. The highest BCUT2D eigenvalue weighted by molar-refractivity contribution is 7.92. The largest absolute Gasteiger partial charge is 0.348 e. The molecule has 2 rings (SSSR count). The summed E-state index contributed by atoms with van der Waals surface area (Å²) in [7, 11) is -1.64. The molecule has 3 atom stereocenters. The zero-order valence-corrected chi connectivity index (χ0v) is 28.3. The zero-order valence-electron chi connectivity index (χ0n) is 27.5. The molecule has 0 aromatic heterocycles. The molecule has 0 aromatic rings. The second-order valence-electron chi connectivity index (χ2n) is 13.0. The fraction of sp³-hybridized carbons (Fsp3) is 0.839. The van der Waals surface area contributed by atoms with Gasteiger partial charge in [0, 0.05) is 25.6 Å². The minimum Gasteiger partial charge on any atom is -0.348 e. The molecule has 1 saturated carbocycles. The molecule has 1 aliphatic carbocycles. The van der Waals surface area contributed by atoms with Crippen LogP contribution in [0.25, 0.3) is 0 Å². The lowest BCUT2D eigenvalue weighted by Crippen LogP contribution is -2.62. The Kier molecular flexibility index (Phi) is 14.6. The van der Waals surface area contributed by atoms with E-state index < -0.39 is 44.4 Å². The number of Topliss-reactive ketones (excluding diaryl/α,β-unsaturated/α-hetero) is 1. The lowest BCUT2D eigenvalue weighted by molar-refractivity contribution is -0.138. The van der Waals surface area contributed by atoms with Crippen LogP contribution in [0, 0.1) is 11.8 Å². The molecule has 13 heteroatoms. The summed E-state index contributed by atoms with van der Waals surface area (Å²) in [6, 6.07) is -1.24. The van der Waals surface area contributed by atoms with E-state index >= 15 is 0 Å². The summed E-state index contributed by atoms with van der Waals surface area (Å²) in [4.78, 5) is 64.3. The minimum absolute atomic E-state index is 0.0774. The summed E-state index contributed by atoms with van der Waals surface area (Å²) in [5, 5.41) is 10.4. The fourth-order valence-corrected chi connectivity index (χ4v) is 8.43. The van der Waals surface area contributed by atoms with Crippen molar-refractivity contribution in [2.45, 2.75) is 128 Å². The molecule has 4 N–H and O–H groups in total. The molecule has 1 aliphatic heterocycles. The van der Waals surface area contributed by atoms with Crippen LogP contribution in [-0.2, 0) is 29.0 Å². The van der Waals surface area contributed by atoms with E-state index in [1.807, 2.05) is 27.7 Å². The van der Waals surface area contributed by atoms with E-state index in [1.54, 1.807) is 18.9 Å². The topological polar surface area (TPSA) is 171 Å². The van der Waals surface area contributed by atoms with Crippen molar-refractivity contribution in [2.24, 2.45) is 11.8 Å². The highest BCUT2D eigenvalue weighted by Crippen LogP contribution is 2.36. The Labute approximate surface area is 263 Å². The average Bonchev–Trinajstić information content (AvgIpc) is 3.70. The number of amides is 5. The maximum absolute atomic E-state index is 13.4. The van der Waals surface area contributed by atoms with Gasteiger partial charge in [-0.3, -0.25) is 19.2 Å². The summed E-state index contributed by atoms with van der Waals surface area (Å²) in [5.41, 5.74) is -0.876. The third-order valence-electron chi connectivity index (χ3n) is 8.71. The predicted octanol–water partition coefficient (Wildman–Crippen LogP) is 2.46. The van der Waals surface area contributed by atoms with Gasteiger partial charge in [0.15, 0.2) is 9.84 Å². The lowest BCUT2D eigenvalue weighted by Gasteiger charge is -2.40. The Balaban J connectivity index is 1.86. The van der Waals surface area contributed by atoms with Crippen LogP contribution >= 0.6 is 0 Å². The number of sulfone groups is 1. The van der Waals surface area contributed by atoms with Gasteiger partial charge in [0.25, 0.3) is 5.91 Å². The van der Waals surface area contributed by atoms with E-state index in [9.17, 15) is 32.4 Å². The van der Waals surface area contributed by atoms with Crippen LogP contribution in [0.15, 0.2) is 0 Å². The van der Waals surface area contributed by atoms with Crippen LogP contribution in [0.5, 0.6) is 0 Å². The van der Waals surface area contributed by atoms with Gasteiger partial charge in [-0.05, 0) is 57.3 Å². The maximum atomic E-state index is 13.4. The van der Waals surface area contributed by atoms with E-state index in [4.69, 9.17) is 0 Å². The second kappa shape index (κ2) is 17.1. The van der Waals surface area contributed by atoms with Gasteiger partial charge in [0.05, 0.1) is 23.1 Å². The normalized spacial score (nSPS) is 19.1. The van der Waals surface area contributed by atoms with Crippen molar-refractivity contribution >= 4 is 39.4 Å². The number of ketones is 1. The Morgan fingerprint density at radius 2 is 1.59 bits per heavy atom. The first-order valence-electron chi connectivity index (χ1n) is 16.3. The highest BCUT2D eigenvalue weighted by Gasteiger charge is 2.48. The van der Waals surface area contributed by atoms with Crippen molar-refractivity contribution in [1.29, 1.82) is 0 Å². The molecule has 0 spiro atoms. The number of unbranched alkanes of at least 4 members (excludes halogenated alkanes) is 1. The molecule has 0 bridgehead atoms. The number of nitrogens with zero attached hydrogens (tertiary/aromatic N) is 1. The van der Waals surface area contributed by atoms with Crippen molar-refractivity contribution in [1.82, 2.24) is 26.2 Å². The van der Waals surface area contributed by atoms with Gasteiger partial charge in [0.2, 0.25) is 17.6 Å². The summed E-state index contributed by atoms with van der Waals surface area (Å²) in [6.45, 7) is 9.51. The summed E-state index contributed by atoms with van der Waals surface area (Å²) < 4.78 is 25.8. The van der Waals surface area contributed by atoms with Crippen molar-refractivity contribution < 1.29 is 32.4 Å². The van der Waals surface area contributed by atoms with Crippen molar-refractivity contribution in [3.8, 4) is 0 Å². The van der Waals surface area contributed by atoms with Crippen LogP contribution < -0.4 is 21.3 Å². The van der Waals surface area contributed by atoms with E-state index in [1.165, 1.54) is 0 Å². The van der Waals surface area contributed by atoms with Crippen LogP contribution in [-0.4, -0.2) is 91.6 Å². The molecule has 252 valence electrons. The number of hydrogen-bond acceptors (Lipinski definition) is 7. The molecular weight excluding hydrogens is 586 g/mol. The van der Waals surface area contributed by atoms with Crippen LogP contribution in [0.2, 0.25) is 0 Å². The molecule has 1 saturated heterocycles. The van der Waals surface area contributed by atoms with Crippen LogP contribution in [0.3, 0.4) is 0 Å². The quantitative estimate of drug-likeness (QED) is 0.124. The molecule has 3 unspecified atom stereocenters. The fourth-order valence-electron chi connectivity index (χ4n) is 6.07. The van der Waals surface area contributed by atoms with Gasteiger partial charge in [0.1, 0.15) is 6.04 Å². The van der Waals surface area contributed by atoms with Gasteiger partial charge in [-0.15, -0.1) is 0 Å². The molecular formula is C31H55N5O7S. The highest BCUT2D eigenvalue weighted by atomic mass is 32.2. The first-order valence-corrected chi connectivity index (χ1v) is 18.1. The van der Waals surface area contributed by atoms with Gasteiger partial charge < -0.3 is 26.2 Å². The third-order valence-corrected chi connectivity index (χ3v) is 11.1. The minimum atomic E-state index is -3.32. The maximum Gasteiger partial charge on any atom is 0.315 e. The second-order valence-corrected chi connectivity index (χ2v) is 15.3. The van der Waals surface area contributed by atoms with Gasteiger partial charge >= 0.3 is 6.03 Å². The monoisotopic (exact) mass is 641 g/mol. The van der Waals surface area contributed by atoms with E-state index in [0.29, 0.717) is 51.5 Å². The first kappa shape index (κ1) is 37.5. The predicted molar refractivity (Wildman–Crippen MR) is 169 cm³/mol. The molecule has 0 radical (unpaired) electrons. The standard InChI is InChI=1S/C31H55N5O7S/c1-7-16-31(17-8-2,25-13-11-19-44(25,42)43)35-30(41)34-26(21(3)4)29(40)36(6)18-10-9-12-22(5)27(38)32-20-24(37)28(39)33-23-14-15-23/h21-23,25-26H,7-20H2,1-6H3,(H,32,38)(H,33,39)(H2,34,35,41). The van der Waals surface area contributed by atoms with Crippen molar-refractivity contribution in [2.75, 3.05) is 25.9 Å². The number of urea groups is 1. The molecule has 2 fully saturated rings. The molecule has 1 heterocycles. The lowest BCUT2D eigenvalue weighted by atomic mass is 9.83. The van der Waals surface area contributed by atoms with E-state index in [0.717, 1.165) is 25.7 Å². The number of rotatable bonds is 19. The smallest absolute Gasteiger partial charge is 0.315 e. The van der Waals surface area contributed by atoms with Gasteiger partial charge in [-0.1, -0.05) is 53.9 Å². The number of nitrogens with one attached hydrogen (secondary N) is 4. The number of likely N-dealkylation sites (N-methyl/N-ethyl adjacent to an activating group) is 1. The number of carbonyl (C=O) groups excluding carboxylic acids is 5. The van der Waals surface area contributed by atoms with Crippen molar-refractivity contribution in [3.63, 3.8) is 0 Å². The number of carbonyl (C=O) groups is 5. The van der Waals surface area contributed by atoms with Gasteiger partial charge in [-0.25, -0.2) is 13.2 Å². The Bertz CT molecular complexity index is 1120. The molecule has 44 heavy (non-hydrogen) atoms. The molecule has 12 nitrogen and oxygen atoms in total.